The molecule has 0 amide bonds. The molecule has 0 radical (unpaired) electrons. The molecule has 0 aromatic rings. The first-order chi connectivity index (χ1) is 25.6. The van der Waals surface area contributed by atoms with E-state index in [1.54, 1.807) is 36.5 Å². The third kappa shape index (κ3) is 35.9. The van der Waals surface area contributed by atoms with Gasteiger partial charge in [-0.3, -0.25) is 18.6 Å². The van der Waals surface area contributed by atoms with Gasteiger partial charge in [-0.25, -0.2) is 4.57 Å². The fraction of sp³-hybridized carbons (Fsp3) is 0.610. The normalized spacial score (nSPS) is 15.5. The van der Waals surface area contributed by atoms with E-state index in [9.17, 15) is 29.3 Å². The quantitative estimate of drug-likeness (QED) is 0.0163. The van der Waals surface area contributed by atoms with Crippen LogP contribution in [0, 0.1) is 0 Å². The zero-order valence-electron chi connectivity index (χ0n) is 32.2. The van der Waals surface area contributed by atoms with E-state index in [1.165, 1.54) is 12.8 Å². The summed E-state index contributed by atoms with van der Waals surface area (Å²) in [6.07, 6.45) is 37.0. The Morgan fingerprint density at radius 2 is 1.28 bits per heavy atom. The molecule has 4 atom stereocenters. The second kappa shape index (κ2) is 36.1. The van der Waals surface area contributed by atoms with E-state index in [2.05, 4.69) is 19.1 Å². The van der Waals surface area contributed by atoms with Crippen LogP contribution >= 0.6 is 7.82 Å². The number of phosphoric acid groups is 1. The Balaban J connectivity index is 4.51. The van der Waals surface area contributed by atoms with Gasteiger partial charge in [0.05, 0.1) is 25.4 Å². The van der Waals surface area contributed by atoms with Crippen molar-refractivity contribution >= 4 is 19.8 Å². The molecule has 0 aliphatic heterocycles. The Hall–Kier alpha value is -2.89. The van der Waals surface area contributed by atoms with Gasteiger partial charge in [0.15, 0.2) is 6.10 Å². The molecule has 11 nitrogen and oxygen atoms in total. The number of hydrogen-bond donors (Lipinski definition) is 4. The fourth-order valence-electron chi connectivity index (χ4n) is 4.52. The highest BCUT2D eigenvalue weighted by molar-refractivity contribution is 7.47. The highest BCUT2D eigenvalue weighted by Crippen LogP contribution is 2.43. The Morgan fingerprint density at radius 1 is 0.679 bits per heavy atom. The van der Waals surface area contributed by atoms with E-state index in [0.717, 1.165) is 44.9 Å². The minimum atomic E-state index is -4.43. The van der Waals surface area contributed by atoms with Crippen molar-refractivity contribution in [2.45, 2.75) is 135 Å². The molecule has 0 heterocycles. The van der Waals surface area contributed by atoms with E-state index < -0.39 is 44.7 Å². The molecule has 0 spiro atoms. The van der Waals surface area contributed by atoms with Crippen LogP contribution < -0.4 is 5.73 Å². The van der Waals surface area contributed by atoms with E-state index in [-0.39, 0.29) is 32.6 Å². The van der Waals surface area contributed by atoms with Crippen LogP contribution in [0.4, 0.5) is 0 Å². The van der Waals surface area contributed by atoms with Crippen LogP contribution in [0.15, 0.2) is 85.1 Å². The summed E-state index contributed by atoms with van der Waals surface area (Å²) in [4.78, 5) is 34.7. The van der Waals surface area contributed by atoms with Crippen molar-refractivity contribution in [3.05, 3.63) is 85.1 Å². The summed E-state index contributed by atoms with van der Waals surface area (Å²) in [5.74, 6) is -1.02. The van der Waals surface area contributed by atoms with Crippen molar-refractivity contribution in [3.63, 3.8) is 0 Å². The maximum Gasteiger partial charge on any atom is 0.472 e. The monoisotopic (exact) mass is 765 g/mol. The summed E-state index contributed by atoms with van der Waals surface area (Å²) < 4.78 is 32.5. The van der Waals surface area contributed by atoms with Crippen LogP contribution in [0.25, 0.3) is 0 Å². The summed E-state index contributed by atoms with van der Waals surface area (Å²) in [6.45, 7) is 3.24. The van der Waals surface area contributed by atoms with Gasteiger partial charge in [0.1, 0.15) is 6.61 Å². The number of aliphatic hydroxyl groups excluding tert-OH is 2. The van der Waals surface area contributed by atoms with Crippen molar-refractivity contribution in [3.8, 4) is 0 Å². The molecule has 1 unspecified atom stereocenters. The number of nitrogens with two attached hydrogens (primary N) is 1. The van der Waals surface area contributed by atoms with Crippen molar-refractivity contribution in [1.29, 1.82) is 0 Å². The van der Waals surface area contributed by atoms with Gasteiger partial charge in [-0.05, 0) is 57.8 Å². The second-order valence-corrected chi connectivity index (χ2v) is 13.9. The molecule has 302 valence electrons. The molecular weight excluding hydrogens is 697 g/mol. The molecule has 5 N–H and O–H groups in total. The van der Waals surface area contributed by atoms with Crippen molar-refractivity contribution < 1.29 is 47.8 Å². The number of carbonyl (C=O) groups excluding carboxylic acids is 2. The van der Waals surface area contributed by atoms with E-state index in [4.69, 9.17) is 24.3 Å². The first kappa shape index (κ1) is 50.1. The predicted molar refractivity (Wildman–Crippen MR) is 213 cm³/mol. The number of carbonyl (C=O) groups is 2. The second-order valence-electron chi connectivity index (χ2n) is 12.5. The molecule has 12 heteroatoms. The first-order valence-electron chi connectivity index (χ1n) is 19.3. The zero-order chi connectivity index (χ0) is 39.3. The van der Waals surface area contributed by atoms with Gasteiger partial charge < -0.3 is 30.3 Å². The Labute approximate surface area is 319 Å². The van der Waals surface area contributed by atoms with Crippen LogP contribution in [-0.2, 0) is 32.7 Å². The summed E-state index contributed by atoms with van der Waals surface area (Å²) in [7, 11) is -4.43. The van der Waals surface area contributed by atoms with E-state index in [0.29, 0.717) is 32.1 Å². The highest BCUT2D eigenvalue weighted by atomic mass is 31.2. The Bertz CT molecular complexity index is 1180. The van der Waals surface area contributed by atoms with Crippen molar-refractivity contribution in [2.75, 3.05) is 26.4 Å². The average Bonchev–Trinajstić information content (AvgIpc) is 3.13. The predicted octanol–water partition coefficient (Wildman–Crippen LogP) is 8.43. The van der Waals surface area contributed by atoms with Gasteiger partial charge in [0.25, 0.3) is 0 Å². The number of aliphatic hydroxyl groups is 2. The fourth-order valence-corrected chi connectivity index (χ4v) is 5.28. The summed E-state index contributed by atoms with van der Waals surface area (Å²) >= 11 is 0. The van der Waals surface area contributed by atoms with Gasteiger partial charge in [-0.1, -0.05) is 131 Å². The number of esters is 2. The number of ether oxygens (including phenoxy) is 2. The van der Waals surface area contributed by atoms with Crippen LogP contribution in [-0.4, -0.2) is 71.7 Å². The molecule has 53 heavy (non-hydrogen) atoms. The summed E-state index contributed by atoms with van der Waals surface area (Å²) in [5.41, 5.74) is 5.31. The molecule has 0 saturated heterocycles. The Morgan fingerprint density at radius 3 is 1.94 bits per heavy atom. The maximum atomic E-state index is 12.5. The van der Waals surface area contributed by atoms with E-state index in [1.807, 2.05) is 43.4 Å². The largest absolute Gasteiger partial charge is 0.472 e. The lowest BCUT2D eigenvalue weighted by atomic mass is 10.1. The topological polar surface area (TPSA) is 175 Å². The molecule has 0 saturated carbocycles. The summed E-state index contributed by atoms with van der Waals surface area (Å²) in [5, 5.41) is 19.9. The van der Waals surface area contributed by atoms with Gasteiger partial charge in [-0.2, -0.15) is 0 Å². The lowest BCUT2D eigenvalue weighted by Gasteiger charge is -2.19. The molecule has 0 aromatic carbocycles. The minimum absolute atomic E-state index is 0.0181. The lowest BCUT2D eigenvalue weighted by Crippen LogP contribution is -2.29. The number of allylic oxidation sites excluding steroid dienone is 10. The van der Waals surface area contributed by atoms with Crippen LogP contribution in [0.1, 0.15) is 117 Å². The molecule has 0 fully saturated rings. The number of rotatable bonds is 34. The van der Waals surface area contributed by atoms with Crippen LogP contribution in [0.2, 0.25) is 0 Å². The molecule has 0 rings (SSSR count). The van der Waals surface area contributed by atoms with E-state index >= 15 is 0 Å². The summed E-state index contributed by atoms with van der Waals surface area (Å²) in [6, 6.07) is 0. The average molecular weight is 766 g/mol. The van der Waals surface area contributed by atoms with Crippen LogP contribution in [0.5, 0.6) is 0 Å². The van der Waals surface area contributed by atoms with Crippen molar-refractivity contribution in [2.24, 2.45) is 5.73 Å². The molecule has 0 aliphatic carbocycles. The number of hydrogen-bond acceptors (Lipinski definition) is 10. The standard InChI is InChI=1S/C41H68NO10P/c1-3-5-7-8-9-10-11-12-13-17-25-31-40(45)49-35-39(36-51-53(47,48)50-34-33-42)52-41(46)32-26-18-15-14-16-22-28-38(44)30-24-20-19-23-29-37(43)27-21-6-4-2/h6,8-9,15-16,18-24,29-30,37-39,43-44H,3-5,7,10-14,17,25-28,31-36,42H2,1-2H3,(H,47,48)/b9-8-,18-15-,20-19-,21-6-,22-16-,29-23+,30-24+/t37-,38+,39+/m0/s1. The third-order valence-corrected chi connectivity index (χ3v) is 8.43. The minimum Gasteiger partial charge on any atom is -0.462 e. The highest BCUT2D eigenvalue weighted by Gasteiger charge is 2.25. The SMILES string of the molecule is CC/C=C\C[C@H](O)/C=C/C=C\C=C\[C@H](O)C/C=C\C/C=C\CCC(=O)O[C@H](COC(=O)CCCCCCC/C=C\CCCC)COP(=O)(O)OCCN. The van der Waals surface area contributed by atoms with Gasteiger partial charge in [0.2, 0.25) is 0 Å². The number of unbranched alkanes of at least 4 members (excludes halogenated alkanes) is 7. The molecular formula is C41H68NO10P. The molecule has 0 bridgehead atoms. The van der Waals surface area contributed by atoms with Crippen LogP contribution in [0.3, 0.4) is 0 Å². The van der Waals surface area contributed by atoms with Crippen molar-refractivity contribution in [1.82, 2.24) is 0 Å². The third-order valence-electron chi connectivity index (χ3n) is 7.44. The maximum absolute atomic E-state index is 12.5. The lowest BCUT2D eigenvalue weighted by molar-refractivity contribution is -0.161. The zero-order valence-corrected chi connectivity index (χ0v) is 33.1. The van der Waals surface area contributed by atoms with Gasteiger partial charge in [0, 0.05) is 19.4 Å². The Kier molecular flexibility index (Phi) is 34.1. The number of phosphoric ester groups is 1. The van der Waals surface area contributed by atoms with Gasteiger partial charge in [-0.15, -0.1) is 0 Å². The smallest absolute Gasteiger partial charge is 0.462 e. The van der Waals surface area contributed by atoms with Gasteiger partial charge >= 0.3 is 19.8 Å². The molecule has 0 aromatic heterocycles. The molecule has 0 aliphatic rings. The first-order valence-corrected chi connectivity index (χ1v) is 20.8.